The molecule has 4 rings (SSSR count). The van der Waals surface area contributed by atoms with Gasteiger partial charge in [-0.25, -0.2) is 4.79 Å². The van der Waals surface area contributed by atoms with Crippen LogP contribution < -0.4 is 10.6 Å². The average Bonchev–Trinajstić information content (AvgIpc) is 2.86. The molecule has 0 aliphatic carbocycles. The number of phenols is 1. The van der Waals surface area contributed by atoms with Crippen LogP contribution in [-0.4, -0.2) is 33.0 Å². The number of para-hydroxylation sites is 1. The normalized spacial score (nSPS) is 11.2. The van der Waals surface area contributed by atoms with Gasteiger partial charge in [-0.05, 0) is 59.7 Å². The summed E-state index contributed by atoms with van der Waals surface area (Å²) >= 11 is 6.24. The summed E-state index contributed by atoms with van der Waals surface area (Å²) in [6.07, 6.45) is 2.81. The van der Waals surface area contributed by atoms with E-state index in [-0.39, 0.29) is 34.1 Å². The van der Waals surface area contributed by atoms with Gasteiger partial charge in [-0.2, -0.15) is 0 Å². The average molecular weight is 502 g/mol. The standard InChI is InChI=1S/C27H20ClN3O5/c28-22-13-19(25(33)30-14-16-4-3-6-20(32)11-16)8-9-21(22)26(34)31-24(27(35)36)12-17-10-18-5-1-2-7-23(18)29-15-17/h1-13,15,32H,14H2,(H,30,33)(H,31,34)(H,35,36)/b24-12+. The number of fused-ring (bicyclic) bond motifs is 1. The first-order valence-electron chi connectivity index (χ1n) is 10.8. The number of aromatic hydroxyl groups is 1. The van der Waals surface area contributed by atoms with Gasteiger partial charge in [-0.3, -0.25) is 14.6 Å². The lowest BCUT2D eigenvalue weighted by molar-refractivity contribution is -0.132. The predicted molar refractivity (Wildman–Crippen MR) is 136 cm³/mol. The summed E-state index contributed by atoms with van der Waals surface area (Å²) in [4.78, 5) is 41.3. The van der Waals surface area contributed by atoms with Gasteiger partial charge < -0.3 is 20.8 Å². The number of carbonyl (C=O) groups excluding carboxylic acids is 2. The van der Waals surface area contributed by atoms with Gasteiger partial charge in [0.15, 0.2) is 0 Å². The van der Waals surface area contributed by atoms with Crippen LogP contribution in [0.1, 0.15) is 31.8 Å². The van der Waals surface area contributed by atoms with E-state index in [1.165, 1.54) is 42.6 Å². The number of aromatic nitrogens is 1. The van der Waals surface area contributed by atoms with Crippen molar-refractivity contribution < 1.29 is 24.6 Å². The van der Waals surface area contributed by atoms with Gasteiger partial charge in [0.25, 0.3) is 11.8 Å². The Bertz CT molecular complexity index is 1520. The Kier molecular flexibility index (Phi) is 7.27. The lowest BCUT2D eigenvalue weighted by Gasteiger charge is -2.10. The molecule has 0 atom stereocenters. The number of benzene rings is 3. The lowest BCUT2D eigenvalue weighted by atomic mass is 10.1. The maximum absolute atomic E-state index is 12.8. The third kappa shape index (κ3) is 5.86. The first-order valence-corrected chi connectivity index (χ1v) is 11.1. The van der Waals surface area contributed by atoms with Crippen LogP contribution in [0.3, 0.4) is 0 Å². The fourth-order valence-corrected chi connectivity index (χ4v) is 3.73. The van der Waals surface area contributed by atoms with E-state index in [1.54, 1.807) is 18.2 Å². The highest BCUT2D eigenvalue weighted by Gasteiger charge is 2.18. The minimum atomic E-state index is -1.34. The topological polar surface area (TPSA) is 129 Å². The molecular weight excluding hydrogens is 482 g/mol. The van der Waals surface area contributed by atoms with Crippen molar-refractivity contribution in [3.8, 4) is 5.75 Å². The largest absolute Gasteiger partial charge is 0.508 e. The Balaban J connectivity index is 1.48. The molecule has 180 valence electrons. The molecule has 0 saturated heterocycles. The fraction of sp³-hybridized carbons (Fsp3) is 0.0370. The molecule has 4 aromatic rings. The Morgan fingerprint density at radius 1 is 0.944 bits per heavy atom. The van der Waals surface area contributed by atoms with Gasteiger partial charge >= 0.3 is 5.97 Å². The SMILES string of the molecule is O=C(O)/C(=C\c1cnc2ccccc2c1)NC(=O)c1ccc(C(=O)NCc2cccc(O)c2)cc1Cl. The molecule has 0 bridgehead atoms. The summed E-state index contributed by atoms with van der Waals surface area (Å²) in [6, 6.07) is 19.7. The molecule has 0 aliphatic rings. The van der Waals surface area contributed by atoms with Crippen LogP contribution >= 0.6 is 11.6 Å². The van der Waals surface area contributed by atoms with Gasteiger partial charge in [-0.1, -0.05) is 41.9 Å². The number of nitrogens with zero attached hydrogens (tertiary/aromatic N) is 1. The van der Waals surface area contributed by atoms with Crippen LogP contribution in [0.4, 0.5) is 0 Å². The van der Waals surface area contributed by atoms with E-state index in [1.807, 2.05) is 24.3 Å². The first-order chi connectivity index (χ1) is 17.3. The molecule has 0 aliphatic heterocycles. The van der Waals surface area contributed by atoms with E-state index < -0.39 is 17.8 Å². The van der Waals surface area contributed by atoms with Crippen molar-refractivity contribution in [1.29, 1.82) is 0 Å². The van der Waals surface area contributed by atoms with Crippen molar-refractivity contribution in [1.82, 2.24) is 15.6 Å². The number of pyridine rings is 1. The summed E-state index contributed by atoms with van der Waals surface area (Å²) in [6.45, 7) is 0.184. The molecule has 0 spiro atoms. The van der Waals surface area contributed by atoms with Crippen molar-refractivity contribution in [2.75, 3.05) is 0 Å². The van der Waals surface area contributed by atoms with Crippen LogP contribution in [0.15, 0.2) is 84.7 Å². The van der Waals surface area contributed by atoms with Gasteiger partial charge in [0.2, 0.25) is 0 Å². The molecule has 4 N–H and O–H groups in total. The number of rotatable bonds is 7. The second-order valence-electron chi connectivity index (χ2n) is 7.83. The van der Waals surface area contributed by atoms with Crippen LogP contribution in [0.5, 0.6) is 5.75 Å². The molecule has 0 saturated carbocycles. The Morgan fingerprint density at radius 3 is 2.50 bits per heavy atom. The number of aliphatic carboxylic acids is 1. The number of phenolic OH excluding ortho intramolecular Hbond substituents is 1. The van der Waals surface area contributed by atoms with E-state index in [4.69, 9.17) is 11.6 Å². The van der Waals surface area contributed by atoms with Crippen molar-refractivity contribution in [2.24, 2.45) is 0 Å². The van der Waals surface area contributed by atoms with Crippen LogP contribution in [0, 0.1) is 0 Å². The highest BCUT2D eigenvalue weighted by molar-refractivity contribution is 6.34. The molecule has 1 heterocycles. The monoisotopic (exact) mass is 501 g/mol. The highest BCUT2D eigenvalue weighted by Crippen LogP contribution is 2.20. The van der Waals surface area contributed by atoms with E-state index in [9.17, 15) is 24.6 Å². The molecule has 0 fully saturated rings. The number of amides is 2. The summed E-state index contributed by atoms with van der Waals surface area (Å²) < 4.78 is 0. The van der Waals surface area contributed by atoms with E-state index in [2.05, 4.69) is 15.6 Å². The zero-order valence-corrected chi connectivity index (χ0v) is 19.5. The van der Waals surface area contributed by atoms with Crippen molar-refractivity contribution in [3.63, 3.8) is 0 Å². The molecule has 36 heavy (non-hydrogen) atoms. The van der Waals surface area contributed by atoms with Gasteiger partial charge in [0.1, 0.15) is 11.4 Å². The molecule has 2 amide bonds. The number of halogens is 1. The molecule has 8 nitrogen and oxygen atoms in total. The maximum atomic E-state index is 12.8. The highest BCUT2D eigenvalue weighted by atomic mass is 35.5. The summed E-state index contributed by atoms with van der Waals surface area (Å²) in [5.41, 5.74) is 1.82. The van der Waals surface area contributed by atoms with Gasteiger partial charge in [0.05, 0.1) is 16.1 Å². The van der Waals surface area contributed by atoms with E-state index >= 15 is 0 Å². The maximum Gasteiger partial charge on any atom is 0.352 e. The van der Waals surface area contributed by atoms with E-state index in [0.29, 0.717) is 11.1 Å². The number of carbonyl (C=O) groups is 3. The number of nitrogens with one attached hydrogen (secondary N) is 2. The molecule has 1 aromatic heterocycles. The zero-order chi connectivity index (χ0) is 25.7. The zero-order valence-electron chi connectivity index (χ0n) is 18.7. The fourth-order valence-electron chi connectivity index (χ4n) is 3.47. The smallest absolute Gasteiger partial charge is 0.352 e. The Labute approximate surface area is 210 Å². The molecule has 3 aromatic carbocycles. The number of carboxylic acid groups (broad SMARTS) is 1. The second-order valence-corrected chi connectivity index (χ2v) is 8.23. The Hall–Kier alpha value is -4.69. The van der Waals surface area contributed by atoms with Crippen molar-refractivity contribution in [2.45, 2.75) is 6.54 Å². The van der Waals surface area contributed by atoms with Gasteiger partial charge in [-0.15, -0.1) is 0 Å². The van der Waals surface area contributed by atoms with E-state index in [0.717, 1.165) is 10.9 Å². The lowest BCUT2D eigenvalue weighted by Crippen LogP contribution is -2.28. The van der Waals surface area contributed by atoms with Crippen LogP contribution in [0.2, 0.25) is 5.02 Å². The van der Waals surface area contributed by atoms with Gasteiger partial charge in [0, 0.05) is 23.7 Å². The van der Waals surface area contributed by atoms with Crippen molar-refractivity contribution in [3.05, 3.63) is 112 Å². The first kappa shape index (κ1) is 24.4. The predicted octanol–water partition coefficient (Wildman–Crippen LogP) is 4.38. The number of hydrogen-bond acceptors (Lipinski definition) is 5. The van der Waals surface area contributed by atoms with Crippen molar-refractivity contribution >= 4 is 46.4 Å². The molecule has 0 unspecified atom stereocenters. The Morgan fingerprint density at radius 2 is 1.75 bits per heavy atom. The summed E-state index contributed by atoms with van der Waals surface area (Å²) in [7, 11) is 0. The number of carboxylic acids is 1. The summed E-state index contributed by atoms with van der Waals surface area (Å²) in [5, 5.41) is 25.0. The minimum Gasteiger partial charge on any atom is -0.508 e. The number of hydrogen-bond donors (Lipinski definition) is 4. The minimum absolute atomic E-state index is 0.00462. The van der Waals surface area contributed by atoms with Crippen LogP contribution in [0.25, 0.3) is 17.0 Å². The molecule has 9 heteroatoms. The second kappa shape index (κ2) is 10.7. The third-order valence-electron chi connectivity index (χ3n) is 5.24. The quantitative estimate of drug-likeness (QED) is 0.278. The molecular formula is C27H20ClN3O5. The summed E-state index contributed by atoms with van der Waals surface area (Å²) in [5.74, 6) is -2.42. The van der Waals surface area contributed by atoms with Crippen LogP contribution in [-0.2, 0) is 11.3 Å². The third-order valence-corrected chi connectivity index (χ3v) is 5.55. The molecule has 0 radical (unpaired) electrons.